The number of amides is 2. The van der Waals surface area contributed by atoms with E-state index in [1.807, 2.05) is 0 Å². The van der Waals surface area contributed by atoms with E-state index >= 15 is 0 Å². The van der Waals surface area contributed by atoms with E-state index in [2.05, 4.69) is 10.6 Å². The second-order valence-electron chi connectivity index (χ2n) is 6.46. The minimum atomic E-state index is -0.197. The van der Waals surface area contributed by atoms with Gasteiger partial charge in [0.2, 0.25) is 0 Å². The number of carbonyl (C=O) groups excluding carboxylic acids is 2. The van der Waals surface area contributed by atoms with Crippen molar-refractivity contribution in [1.82, 2.24) is 10.6 Å². The van der Waals surface area contributed by atoms with Crippen LogP contribution in [0.1, 0.15) is 72.1 Å². The molecule has 146 valence electrons. The first-order chi connectivity index (χ1) is 12.7. The average molecular weight is 363 g/mol. The highest BCUT2D eigenvalue weighted by Gasteiger charge is 2.15. The van der Waals surface area contributed by atoms with E-state index in [9.17, 15) is 9.59 Å². The topological polar surface area (TPSA) is 110 Å². The zero-order valence-corrected chi connectivity index (χ0v) is 15.8. The summed E-state index contributed by atoms with van der Waals surface area (Å²) in [6.45, 7) is 2.64. The lowest BCUT2D eigenvalue weighted by atomic mass is 10.1. The van der Waals surface area contributed by atoms with Crippen LogP contribution in [0.4, 0.5) is 0 Å². The van der Waals surface area contributed by atoms with Crippen LogP contribution in [0.25, 0.3) is 0 Å². The molecule has 0 bridgehead atoms. The smallest absolute Gasteiger partial charge is 0.252 e. The highest BCUT2D eigenvalue weighted by Crippen LogP contribution is 2.09. The Morgan fingerprint density at radius 3 is 1.42 bits per heavy atom. The molecule has 0 atom stereocenters. The fraction of sp³-hybridized carbons (Fsp3) is 0.600. The summed E-state index contributed by atoms with van der Waals surface area (Å²) in [5, 5.41) is 5.80. The maximum atomic E-state index is 12.4. The fourth-order valence-corrected chi connectivity index (χ4v) is 2.72. The normalized spacial score (nSPS) is 10.5. The highest BCUT2D eigenvalue weighted by molar-refractivity contribution is 6.07. The Labute approximate surface area is 157 Å². The van der Waals surface area contributed by atoms with Gasteiger partial charge < -0.3 is 22.1 Å². The molecule has 0 aromatic heterocycles. The molecule has 0 aliphatic rings. The van der Waals surface area contributed by atoms with Crippen molar-refractivity contribution in [1.29, 1.82) is 0 Å². The van der Waals surface area contributed by atoms with Crippen LogP contribution in [0.15, 0.2) is 24.3 Å². The molecule has 0 saturated heterocycles. The largest absolute Gasteiger partial charge is 0.352 e. The molecule has 1 rings (SSSR count). The third kappa shape index (κ3) is 8.97. The SMILES string of the molecule is NCCCCCCNC(=O)c1ccccc1C(=O)NCCCCCCN. The molecule has 2 amide bonds. The van der Waals surface area contributed by atoms with Crippen molar-refractivity contribution in [2.24, 2.45) is 11.5 Å². The number of rotatable bonds is 14. The third-order valence-electron chi connectivity index (χ3n) is 4.25. The average Bonchev–Trinajstić information content (AvgIpc) is 2.67. The van der Waals surface area contributed by atoms with Crippen LogP contribution in [0, 0.1) is 0 Å². The number of unbranched alkanes of at least 4 members (excludes halogenated alkanes) is 6. The lowest BCUT2D eigenvalue weighted by molar-refractivity contribution is 0.0918. The van der Waals surface area contributed by atoms with Gasteiger partial charge >= 0.3 is 0 Å². The first-order valence-electron chi connectivity index (χ1n) is 9.76. The van der Waals surface area contributed by atoms with Crippen molar-refractivity contribution in [2.75, 3.05) is 26.2 Å². The van der Waals surface area contributed by atoms with Crippen molar-refractivity contribution in [3.05, 3.63) is 35.4 Å². The molecule has 0 aliphatic heterocycles. The van der Waals surface area contributed by atoms with E-state index < -0.39 is 0 Å². The van der Waals surface area contributed by atoms with Crippen LogP contribution in [-0.2, 0) is 0 Å². The summed E-state index contributed by atoms with van der Waals surface area (Å²) in [4.78, 5) is 24.8. The highest BCUT2D eigenvalue weighted by atomic mass is 16.2. The van der Waals surface area contributed by atoms with Crippen LogP contribution < -0.4 is 22.1 Å². The van der Waals surface area contributed by atoms with Gasteiger partial charge in [-0.1, -0.05) is 37.8 Å². The molecule has 0 saturated carbocycles. The van der Waals surface area contributed by atoms with Gasteiger partial charge in [0.05, 0.1) is 11.1 Å². The Hall–Kier alpha value is -1.92. The van der Waals surface area contributed by atoms with E-state index in [4.69, 9.17) is 11.5 Å². The molecule has 0 radical (unpaired) electrons. The van der Waals surface area contributed by atoms with Crippen LogP contribution in [0.3, 0.4) is 0 Å². The number of benzene rings is 1. The number of nitrogens with one attached hydrogen (secondary N) is 2. The Morgan fingerprint density at radius 1 is 0.654 bits per heavy atom. The second kappa shape index (κ2) is 14.3. The maximum absolute atomic E-state index is 12.4. The molecule has 0 heterocycles. The molecule has 1 aromatic carbocycles. The van der Waals surface area contributed by atoms with Gasteiger partial charge in [0, 0.05) is 13.1 Å². The van der Waals surface area contributed by atoms with Crippen molar-refractivity contribution < 1.29 is 9.59 Å². The monoisotopic (exact) mass is 362 g/mol. The summed E-state index contributed by atoms with van der Waals surface area (Å²) < 4.78 is 0. The fourth-order valence-electron chi connectivity index (χ4n) is 2.72. The molecular formula is C20H34N4O2. The van der Waals surface area contributed by atoms with Crippen LogP contribution in [-0.4, -0.2) is 38.0 Å². The lowest BCUT2D eigenvalue weighted by Gasteiger charge is -2.11. The number of hydrogen-bond donors (Lipinski definition) is 4. The van der Waals surface area contributed by atoms with Gasteiger partial charge in [-0.25, -0.2) is 0 Å². The molecule has 26 heavy (non-hydrogen) atoms. The quantitative estimate of drug-likeness (QED) is 0.380. The molecule has 0 fully saturated rings. The summed E-state index contributed by atoms with van der Waals surface area (Å²) in [6.07, 6.45) is 8.12. The van der Waals surface area contributed by atoms with Crippen molar-refractivity contribution in [3.63, 3.8) is 0 Å². The maximum Gasteiger partial charge on any atom is 0.252 e. The van der Waals surface area contributed by atoms with E-state index in [0.29, 0.717) is 37.3 Å². The Morgan fingerprint density at radius 2 is 1.04 bits per heavy atom. The Bertz CT molecular complexity index is 487. The summed E-state index contributed by atoms with van der Waals surface area (Å²) in [5.41, 5.74) is 11.8. The van der Waals surface area contributed by atoms with Gasteiger partial charge in [0.1, 0.15) is 0 Å². The molecular weight excluding hydrogens is 328 g/mol. The van der Waals surface area contributed by atoms with Gasteiger partial charge in [-0.3, -0.25) is 9.59 Å². The van der Waals surface area contributed by atoms with Gasteiger partial charge in [-0.05, 0) is 50.9 Å². The standard InChI is InChI=1S/C20H34N4O2/c21-13-7-1-3-9-15-23-19(25)17-11-5-6-12-18(17)20(26)24-16-10-4-2-8-14-22/h5-6,11-12H,1-4,7-10,13-16,21-22H2,(H,23,25)(H,24,26). The summed E-state index contributed by atoms with van der Waals surface area (Å²) in [5.74, 6) is -0.393. The third-order valence-corrected chi connectivity index (χ3v) is 4.25. The van der Waals surface area contributed by atoms with E-state index in [-0.39, 0.29) is 11.8 Å². The molecule has 1 aromatic rings. The first kappa shape index (κ1) is 22.1. The van der Waals surface area contributed by atoms with Crippen LogP contribution in [0.2, 0.25) is 0 Å². The van der Waals surface area contributed by atoms with Crippen molar-refractivity contribution in [2.45, 2.75) is 51.4 Å². The predicted molar refractivity (Wildman–Crippen MR) is 106 cm³/mol. The zero-order chi connectivity index (χ0) is 19.0. The first-order valence-corrected chi connectivity index (χ1v) is 9.76. The van der Waals surface area contributed by atoms with E-state index in [1.165, 1.54) is 0 Å². The number of carbonyl (C=O) groups is 2. The van der Waals surface area contributed by atoms with Gasteiger partial charge in [0.15, 0.2) is 0 Å². The summed E-state index contributed by atoms with van der Waals surface area (Å²) in [6, 6.07) is 6.94. The lowest BCUT2D eigenvalue weighted by Crippen LogP contribution is -2.30. The van der Waals surface area contributed by atoms with Crippen molar-refractivity contribution >= 4 is 11.8 Å². The van der Waals surface area contributed by atoms with Gasteiger partial charge in [0.25, 0.3) is 11.8 Å². The second-order valence-corrected chi connectivity index (χ2v) is 6.46. The molecule has 0 aliphatic carbocycles. The van der Waals surface area contributed by atoms with Crippen molar-refractivity contribution in [3.8, 4) is 0 Å². The van der Waals surface area contributed by atoms with E-state index in [1.54, 1.807) is 24.3 Å². The minimum Gasteiger partial charge on any atom is -0.352 e. The van der Waals surface area contributed by atoms with Gasteiger partial charge in [-0.2, -0.15) is 0 Å². The van der Waals surface area contributed by atoms with Crippen LogP contribution >= 0.6 is 0 Å². The summed E-state index contributed by atoms with van der Waals surface area (Å²) in [7, 11) is 0. The molecule has 6 nitrogen and oxygen atoms in total. The Balaban J connectivity index is 2.42. The molecule has 6 heteroatoms. The zero-order valence-electron chi connectivity index (χ0n) is 15.8. The van der Waals surface area contributed by atoms with Crippen LogP contribution in [0.5, 0.6) is 0 Å². The molecule has 0 unspecified atom stereocenters. The Kier molecular flexibility index (Phi) is 12.1. The summed E-state index contributed by atoms with van der Waals surface area (Å²) >= 11 is 0. The van der Waals surface area contributed by atoms with Gasteiger partial charge in [-0.15, -0.1) is 0 Å². The predicted octanol–water partition coefficient (Wildman–Crippen LogP) is 2.18. The van der Waals surface area contributed by atoms with E-state index in [0.717, 1.165) is 51.4 Å². The molecule has 6 N–H and O–H groups in total. The molecule has 0 spiro atoms. The number of hydrogen-bond acceptors (Lipinski definition) is 4. The number of nitrogens with two attached hydrogens (primary N) is 2. The minimum absolute atomic E-state index is 0.197.